The lowest BCUT2D eigenvalue weighted by molar-refractivity contribution is -0.121. The molecule has 1 aliphatic carbocycles. The Morgan fingerprint density at radius 1 is 1.40 bits per heavy atom. The first-order valence-corrected chi connectivity index (χ1v) is 6.16. The predicted molar refractivity (Wildman–Crippen MR) is 62.7 cm³/mol. The molecule has 0 aromatic heterocycles. The Balaban J connectivity index is 2.01. The molecule has 0 aromatic carbocycles. The highest BCUT2D eigenvalue weighted by atomic mass is 16.1. The second-order valence-electron chi connectivity index (χ2n) is 4.72. The van der Waals surface area contributed by atoms with Crippen molar-refractivity contribution in [3.63, 3.8) is 0 Å². The number of nitrogens with one attached hydrogen (secondary N) is 2. The van der Waals surface area contributed by atoms with E-state index in [9.17, 15) is 4.79 Å². The fourth-order valence-corrected chi connectivity index (χ4v) is 1.50. The van der Waals surface area contributed by atoms with Crippen molar-refractivity contribution in [3.8, 4) is 0 Å². The zero-order valence-electron chi connectivity index (χ0n) is 10.2. The fourth-order valence-electron chi connectivity index (χ4n) is 1.50. The van der Waals surface area contributed by atoms with E-state index in [1.165, 1.54) is 19.3 Å². The Kier molecular flexibility index (Phi) is 5.09. The van der Waals surface area contributed by atoms with Crippen molar-refractivity contribution in [3.05, 3.63) is 0 Å². The van der Waals surface area contributed by atoms with Gasteiger partial charge < -0.3 is 10.6 Å². The van der Waals surface area contributed by atoms with Gasteiger partial charge in [0.05, 0.1) is 0 Å². The molecular formula is C12H24N2O. The number of hydrogen-bond donors (Lipinski definition) is 2. The molecule has 88 valence electrons. The van der Waals surface area contributed by atoms with Crippen molar-refractivity contribution < 1.29 is 4.79 Å². The summed E-state index contributed by atoms with van der Waals surface area (Å²) in [5, 5.41) is 6.39. The summed E-state index contributed by atoms with van der Waals surface area (Å²) < 4.78 is 0. The molecule has 2 atom stereocenters. The predicted octanol–water partition coefficient (Wildman–Crippen LogP) is 1.68. The van der Waals surface area contributed by atoms with E-state index in [4.69, 9.17) is 0 Å². The van der Waals surface area contributed by atoms with Gasteiger partial charge in [0.1, 0.15) is 0 Å². The third kappa shape index (κ3) is 5.17. The van der Waals surface area contributed by atoms with Gasteiger partial charge in [-0.1, -0.05) is 20.3 Å². The van der Waals surface area contributed by atoms with E-state index < -0.39 is 0 Å². The highest BCUT2D eigenvalue weighted by Gasteiger charge is 2.22. The highest BCUT2D eigenvalue weighted by molar-refractivity contribution is 5.76. The zero-order chi connectivity index (χ0) is 11.3. The van der Waals surface area contributed by atoms with Crippen LogP contribution in [0.2, 0.25) is 0 Å². The minimum atomic E-state index is 0.196. The van der Waals surface area contributed by atoms with Crippen LogP contribution in [0.3, 0.4) is 0 Å². The molecule has 1 fully saturated rings. The third-order valence-corrected chi connectivity index (χ3v) is 3.26. The average Bonchev–Trinajstić information content (AvgIpc) is 3.00. The number of rotatable bonds is 7. The van der Waals surface area contributed by atoms with E-state index >= 15 is 0 Å². The molecule has 0 saturated heterocycles. The van der Waals surface area contributed by atoms with E-state index in [1.807, 2.05) is 0 Å². The van der Waals surface area contributed by atoms with Crippen LogP contribution >= 0.6 is 0 Å². The molecule has 1 aliphatic rings. The molecule has 3 nitrogen and oxygen atoms in total. The number of carbonyl (C=O) groups is 1. The quantitative estimate of drug-likeness (QED) is 0.674. The van der Waals surface area contributed by atoms with Crippen LogP contribution in [0.5, 0.6) is 0 Å². The van der Waals surface area contributed by atoms with Crippen LogP contribution in [0.4, 0.5) is 0 Å². The summed E-state index contributed by atoms with van der Waals surface area (Å²) in [6, 6.07) is 0.994. The summed E-state index contributed by atoms with van der Waals surface area (Å²) in [7, 11) is 0. The van der Waals surface area contributed by atoms with Crippen LogP contribution in [0.15, 0.2) is 0 Å². The third-order valence-electron chi connectivity index (χ3n) is 3.26. The summed E-state index contributed by atoms with van der Waals surface area (Å²) in [4.78, 5) is 11.4. The number of amides is 1. The van der Waals surface area contributed by atoms with Gasteiger partial charge in [-0.2, -0.15) is 0 Å². The van der Waals surface area contributed by atoms with Gasteiger partial charge in [-0.3, -0.25) is 4.79 Å². The second-order valence-corrected chi connectivity index (χ2v) is 4.72. The van der Waals surface area contributed by atoms with Crippen LogP contribution in [0, 0.1) is 5.92 Å². The normalized spacial score (nSPS) is 19.7. The maximum Gasteiger partial charge on any atom is 0.221 e. The smallest absolute Gasteiger partial charge is 0.221 e. The zero-order valence-corrected chi connectivity index (χ0v) is 10.2. The number of carbonyl (C=O) groups excluding carboxylic acids is 1. The maximum atomic E-state index is 11.4. The molecule has 1 amide bonds. The Morgan fingerprint density at radius 3 is 2.60 bits per heavy atom. The van der Waals surface area contributed by atoms with Crippen molar-refractivity contribution in [2.24, 2.45) is 5.92 Å². The van der Waals surface area contributed by atoms with Crippen LogP contribution in [0.1, 0.15) is 46.5 Å². The minimum absolute atomic E-state index is 0.196. The lowest BCUT2D eigenvalue weighted by Crippen LogP contribution is -2.35. The van der Waals surface area contributed by atoms with E-state index in [0.717, 1.165) is 6.54 Å². The number of hydrogen-bond acceptors (Lipinski definition) is 2. The molecule has 2 N–H and O–H groups in total. The molecule has 1 rings (SSSR count). The Bertz CT molecular complexity index is 202. The molecule has 0 spiro atoms. The van der Waals surface area contributed by atoms with Gasteiger partial charge in [-0.25, -0.2) is 0 Å². The van der Waals surface area contributed by atoms with Gasteiger partial charge in [0.2, 0.25) is 5.91 Å². The lowest BCUT2D eigenvalue weighted by atomic mass is 10.0. The van der Waals surface area contributed by atoms with Crippen molar-refractivity contribution in [1.82, 2.24) is 10.6 Å². The average molecular weight is 212 g/mol. The first-order chi connectivity index (χ1) is 7.13. The fraction of sp³-hybridized carbons (Fsp3) is 0.917. The Labute approximate surface area is 93.0 Å². The SMILES string of the molecule is CCC(C)C(C)NCCC(=O)NC1CC1. The van der Waals surface area contributed by atoms with Gasteiger partial charge >= 0.3 is 0 Å². The van der Waals surface area contributed by atoms with Crippen molar-refractivity contribution >= 4 is 5.91 Å². The molecule has 3 heteroatoms. The molecule has 0 aromatic rings. The van der Waals surface area contributed by atoms with Gasteiger partial charge in [0, 0.05) is 25.0 Å². The summed E-state index contributed by atoms with van der Waals surface area (Å²) in [5.74, 6) is 0.873. The molecule has 1 saturated carbocycles. The Morgan fingerprint density at radius 2 is 2.07 bits per heavy atom. The maximum absolute atomic E-state index is 11.4. The monoisotopic (exact) mass is 212 g/mol. The van der Waals surface area contributed by atoms with Gasteiger partial charge in [-0.05, 0) is 25.7 Å². The van der Waals surface area contributed by atoms with Gasteiger partial charge in [-0.15, -0.1) is 0 Å². The second kappa shape index (κ2) is 6.11. The van der Waals surface area contributed by atoms with Gasteiger partial charge in [0.25, 0.3) is 0 Å². The highest BCUT2D eigenvalue weighted by Crippen LogP contribution is 2.18. The molecule has 0 heterocycles. The van der Waals surface area contributed by atoms with Crippen LogP contribution in [0.25, 0.3) is 0 Å². The van der Waals surface area contributed by atoms with Gasteiger partial charge in [0.15, 0.2) is 0 Å². The molecular weight excluding hydrogens is 188 g/mol. The van der Waals surface area contributed by atoms with Crippen LogP contribution < -0.4 is 10.6 Å². The molecule has 2 unspecified atom stereocenters. The first-order valence-electron chi connectivity index (χ1n) is 6.16. The summed E-state index contributed by atoms with van der Waals surface area (Å²) >= 11 is 0. The molecule has 0 aliphatic heterocycles. The van der Waals surface area contributed by atoms with E-state index in [-0.39, 0.29) is 5.91 Å². The van der Waals surface area contributed by atoms with E-state index in [2.05, 4.69) is 31.4 Å². The summed E-state index contributed by atoms with van der Waals surface area (Å²) in [6.07, 6.45) is 4.13. The summed E-state index contributed by atoms with van der Waals surface area (Å²) in [5.41, 5.74) is 0. The molecule has 0 bridgehead atoms. The Hall–Kier alpha value is -0.570. The van der Waals surface area contributed by atoms with E-state index in [0.29, 0.717) is 24.4 Å². The van der Waals surface area contributed by atoms with Crippen LogP contribution in [-0.4, -0.2) is 24.5 Å². The minimum Gasteiger partial charge on any atom is -0.353 e. The van der Waals surface area contributed by atoms with Crippen molar-refractivity contribution in [1.29, 1.82) is 0 Å². The molecule has 15 heavy (non-hydrogen) atoms. The largest absolute Gasteiger partial charge is 0.353 e. The van der Waals surface area contributed by atoms with Crippen molar-refractivity contribution in [2.75, 3.05) is 6.54 Å². The van der Waals surface area contributed by atoms with Crippen molar-refractivity contribution in [2.45, 2.75) is 58.5 Å². The van der Waals surface area contributed by atoms with E-state index in [1.54, 1.807) is 0 Å². The van der Waals surface area contributed by atoms with Crippen LogP contribution in [-0.2, 0) is 4.79 Å². The first kappa shape index (κ1) is 12.5. The topological polar surface area (TPSA) is 41.1 Å². The summed E-state index contributed by atoms with van der Waals surface area (Å²) in [6.45, 7) is 7.42. The standard InChI is InChI=1S/C12H24N2O/c1-4-9(2)10(3)13-8-7-12(15)14-11-5-6-11/h9-11,13H,4-8H2,1-3H3,(H,14,15). The molecule has 0 radical (unpaired) electrons. The lowest BCUT2D eigenvalue weighted by Gasteiger charge is -2.19.